The lowest BCUT2D eigenvalue weighted by atomic mass is 9.78. The second kappa shape index (κ2) is 9.53. The third kappa shape index (κ3) is 4.20. The fourth-order valence-electron chi connectivity index (χ4n) is 4.50. The number of hydrogen-bond acceptors (Lipinski definition) is 7. The number of dihydropyridines is 1. The molecule has 11 nitrogen and oxygen atoms in total. The first-order valence-corrected chi connectivity index (χ1v) is 11.8. The Morgan fingerprint density at radius 3 is 2.71 bits per heavy atom. The third-order valence-electron chi connectivity index (χ3n) is 6.19. The first-order chi connectivity index (χ1) is 17.1. The van der Waals surface area contributed by atoms with Crippen LogP contribution in [0, 0.1) is 0 Å². The van der Waals surface area contributed by atoms with Crippen LogP contribution in [0.25, 0.3) is 17.3 Å². The molecule has 0 saturated carbocycles. The molecule has 1 aliphatic rings. The molecule has 0 amide bonds. The van der Waals surface area contributed by atoms with Crippen LogP contribution in [0.5, 0.6) is 0 Å². The van der Waals surface area contributed by atoms with Gasteiger partial charge in [-0.15, -0.1) is 10.2 Å². The number of nitrogens with one attached hydrogen (secondary N) is 2. The molecule has 0 unspecified atom stereocenters. The lowest BCUT2D eigenvalue weighted by Gasteiger charge is -2.31. The summed E-state index contributed by atoms with van der Waals surface area (Å²) in [4.78, 5) is 18.2. The number of rotatable bonds is 9. The van der Waals surface area contributed by atoms with Gasteiger partial charge in [-0.2, -0.15) is 15.3 Å². The third-order valence-corrected chi connectivity index (χ3v) is 6.19. The van der Waals surface area contributed by atoms with Gasteiger partial charge in [-0.3, -0.25) is 4.57 Å². The van der Waals surface area contributed by atoms with Crippen LogP contribution in [0.1, 0.15) is 37.9 Å². The molecule has 0 bridgehead atoms. The highest BCUT2D eigenvalue weighted by molar-refractivity contribution is 5.57. The van der Waals surface area contributed by atoms with Crippen LogP contribution in [0.3, 0.4) is 0 Å². The topological polar surface area (TPSA) is 124 Å². The van der Waals surface area contributed by atoms with Crippen molar-refractivity contribution < 1.29 is 0 Å². The minimum atomic E-state index is -0.555. The number of allylic oxidation sites excluding steroid dienone is 2. The second-order valence-electron chi connectivity index (χ2n) is 8.58. The van der Waals surface area contributed by atoms with Crippen molar-refractivity contribution in [2.45, 2.75) is 51.6 Å². The van der Waals surface area contributed by atoms with Crippen molar-refractivity contribution in [2.75, 3.05) is 0 Å². The van der Waals surface area contributed by atoms with Gasteiger partial charge in [0.2, 0.25) is 11.8 Å². The van der Waals surface area contributed by atoms with Crippen LogP contribution in [-0.4, -0.2) is 44.5 Å². The molecule has 0 radical (unpaired) electrons. The molecule has 0 saturated heterocycles. The molecule has 0 aliphatic carbocycles. The Morgan fingerprint density at radius 2 is 1.97 bits per heavy atom. The fraction of sp³-hybridized carbons (Fsp3) is 0.333. The Bertz CT molecular complexity index is 1390. The summed E-state index contributed by atoms with van der Waals surface area (Å²) in [5.74, 6) is 1.06. The monoisotopic (exact) mass is 472 g/mol. The minimum Gasteiger partial charge on any atom is -0.368 e. The van der Waals surface area contributed by atoms with E-state index in [-0.39, 0.29) is 5.69 Å². The van der Waals surface area contributed by atoms with E-state index in [1.807, 2.05) is 41.4 Å². The van der Waals surface area contributed by atoms with Crippen molar-refractivity contribution in [1.29, 1.82) is 0 Å². The van der Waals surface area contributed by atoms with Crippen LogP contribution in [-0.2, 0) is 24.9 Å². The Balaban J connectivity index is 1.61. The standard InChI is InChI=1S/C24H28N10O/c1-3-6-20-15-32(22-26-17-27-34(22)13-4-2)23(35)33(20)16-24(9-11-25-12-10-24)19-8-5-7-18(14-19)21-28-30-31-29-21/h5,7-12,14-15,17,25H,3-4,6,13,16H2,1-2H3,(H,28,29,30,31). The molecule has 5 rings (SSSR count). The lowest BCUT2D eigenvalue weighted by Crippen LogP contribution is -2.36. The normalized spacial score (nSPS) is 14.3. The summed E-state index contributed by atoms with van der Waals surface area (Å²) in [6.45, 7) is 5.31. The van der Waals surface area contributed by atoms with Crippen molar-refractivity contribution in [2.24, 2.45) is 0 Å². The fourth-order valence-corrected chi connectivity index (χ4v) is 4.50. The summed E-state index contributed by atoms with van der Waals surface area (Å²) in [5.41, 5.74) is 2.14. The summed E-state index contributed by atoms with van der Waals surface area (Å²) >= 11 is 0. The summed E-state index contributed by atoms with van der Waals surface area (Å²) in [6.07, 6.45) is 14.0. The van der Waals surface area contributed by atoms with E-state index in [1.54, 1.807) is 9.25 Å². The molecule has 1 aliphatic heterocycles. The SMILES string of the molecule is CCCc1cn(-c2ncnn2CCC)c(=O)n1CC1(c2cccc(-c3nn[nH]n3)c2)C=CNC=C1. The van der Waals surface area contributed by atoms with Gasteiger partial charge in [-0.25, -0.2) is 14.0 Å². The first-order valence-electron chi connectivity index (χ1n) is 11.8. The van der Waals surface area contributed by atoms with E-state index in [0.29, 0.717) is 24.9 Å². The summed E-state index contributed by atoms with van der Waals surface area (Å²) < 4.78 is 5.25. The van der Waals surface area contributed by atoms with E-state index >= 15 is 0 Å². The summed E-state index contributed by atoms with van der Waals surface area (Å²) in [5, 5.41) is 21.9. The zero-order chi connectivity index (χ0) is 24.3. The van der Waals surface area contributed by atoms with Gasteiger partial charge in [-0.05, 0) is 42.1 Å². The summed E-state index contributed by atoms with van der Waals surface area (Å²) in [6, 6.07) is 8.02. The van der Waals surface area contributed by atoms with Gasteiger partial charge < -0.3 is 5.32 Å². The molecule has 1 aromatic carbocycles. The number of H-pyrrole nitrogens is 1. The number of aryl methyl sites for hydroxylation is 2. The molecule has 11 heteroatoms. The zero-order valence-electron chi connectivity index (χ0n) is 19.8. The highest BCUT2D eigenvalue weighted by atomic mass is 16.2. The predicted molar refractivity (Wildman–Crippen MR) is 131 cm³/mol. The largest absolute Gasteiger partial charge is 0.368 e. The van der Waals surface area contributed by atoms with Gasteiger partial charge in [0.05, 0.1) is 5.41 Å². The highest BCUT2D eigenvalue weighted by Crippen LogP contribution is 2.33. The zero-order valence-corrected chi connectivity index (χ0v) is 19.8. The van der Waals surface area contributed by atoms with E-state index in [1.165, 1.54) is 6.33 Å². The van der Waals surface area contributed by atoms with Crippen LogP contribution in [0.2, 0.25) is 0 Å². The van der Waals surface area contributed by atoms with Gasteiger partial charge in [0.1, 0.15) is 6.33 Å². The van der Waals surface area contributed by atoms with Crippen LogP contribution < -0.4 is 11.0 Å². The lowest BCUT2D eigenvalue weighted by molar-refractivity contribution is 0.495. The Labute approximate surface area is 202 Å². The number of hydrogen-bond donors (Lipinski definition) is 2. The Morgan fingerprint density at radius 1 is 1.11 bits per heavy atom. The first kappa shape index (κ1) is 22.5. The second-order valence-corrected chi connectivity index (χ2v) is 8.58. The van der Waals surface area contributed by atoms with E-state index in [9.17, 15) is 4.79 Å². The van der Waals surface area contributed by atoms with Crippen molar-refractivity contribution >= 4 is 0 Å². The summed E-state index contributed by atoms with van der Waals surface area (Å²) in [7, 11) is 0. The molecular formula is C24H28N10O. The van der Waals surface area contributed by atoms with Crippen LogP contribution in [0.15, 0.2) is 66.1 Å². The number of imidazole rings is 1. The van der Waals surface area contributed by atoms with Crippen molar-refractivity contribution in [3.63, 3.8) is 0 Å². The maximum absolute atomic E-state index is 13.8. The number of aromatic nitrogens is 9. The maximum atomic E-state index is 13.8. The van der Waals surface area contributed by atoms with Crippen molar-refractivity contribution in [1.82, 2.24) is 49.8 Å². The maximum Gasteiger partial charge on any atom is 0.335 e. The van der Waals surface area contributed by atoms with Crippen molar-refractivity contribution in [3.8, 4) is 17.3 Å². The molecule has 0 spiro atoms. The highest BCUT2D eigenvalue weighted by Gasteiger charge is 2.31. The quantitative estimate of drug-likeness (QED) is 0.383. The van der Waals surface area contributed by atoms with Gasteiger partial charge >= 0.3 is 5.69 Å². The van der Waals surface area contributed by atoms with Gasteiger partial charge in [0.15, 0.2) is 0 Å². The molecule has 2 N–H and O–H groups in total. The van der Waals surface area contributed by atoms with Gasteiger partial charge in [0.25, 0.3) is 0 Å². The van der Waals surface area contributed by atoms with E-state index < -0.39 is 5.41 Å². The molecule has 4 heterocycles. The van der Waals surface area contributed by atoms with E-state index in [2.05, 4.69) is 68.1 Å². The molecule has 3 aromatic heterocycles. The van der Waals surface area contributed by atoms with E-state index in [4.69, 9.17) is 0 Å². The average Bonchev–Trinajstić information content (AvgIpc) is 3.63. The number of benzene rings is 1. The average molecular weight is 473 g/mol. The predicted octanol–water partition coefficient (Wildman–Crippen LogP) is 2.34. The minimum absolute atomic E-state index is 0.132. The molecule has 180 valence electrons. The van der Waals surface area contributed by atoms with Crippen molar-refractivity contribution in [3.05, 3.63) is 83.1 Å². The molecule has 35 heavy (non-hydrogen) atoms. The Kier molecular flexibility index (Phi) is 6.13. The van der Waals surface area contributed by atoms with Crippen LogP contribution in [0.4, 0.5) is 0 Å². The molecule has 4 aromatic rings. The molecular weight excluding hydrogens is 444 g/mol. The van der Waals surface area contributed by atoms with Crippen LogP contribution >= 0.6 is 0 Å². The molecule has 0 atom stereocenters. The molecule has 0 fully saturated rings. The van der Waals surface area contributed by atoms with Gasteiger partial charge in [-0.1, -0.05) is 50.6 Å². The Hall–Kier alpha value is -4.28. The smallest absolute Gasteiger partial charge is 0.335 e. The van der Waals surface area contributed by atoms with Gasteiger partial charge in [0, 0.05) is 30.5 Å². The number of aromatic amines is 1. The number of tetrazole rings is 1. The number of nitrogens with zero attached hydrogens (tertiary/aromatic N) is 8. The van der Waals surface area contributed by atoms with E-state index in [0.717, 1.165) is 36.1 Å².